The molecule has 5 heteroatoms. The van der Waals surface area contributed by atoms with Gasteiger partial charge in [0.05, 0.1) is 28.7 Å². The van der Waals surface area contributed by atoms with Gasteiger partial charge < -0.3 is 4.74 Å². The molecule has 0 fully saturated rings. The summed E-state index contributed by atoms with van der Waals surface area (Å²) < 4.78 is 5.08. The van der Waals surface area contributed by atoms with E-state index in [-0.39, 0.29) is 0 Å². The quantitative estimate of drug-likeness (QED) is 0.538. The maximum atomic E-state index is 12.1. The summed E-state index contributed by atoms with van der Waals surface area (Å²) in [6, 6.07) is 11.0. The largest absolute Gasteiger partial charge is 0.462 e. The molecule has 1 aromatic heterocycles. The van der Waals surface area contributed by atoms with Crippen LogP contribution >= 0.6 is 11.6 Å². The minimum absolute atomic E-state index is 0.316. The molecular formula is C17H13ClN2O2. The maximum Gasteiger partial charge on any atom is 0.340 e. The minimum atomic E-state index is -0.396. The zero-order chi connectivity index (χ0) is 15.5. The zero-order valence-electron chi connectivity index (χ0n) is 11.9. The number of esters is 1. The summed E-state index contributed by atoms with van der Waals surface area (Å²) in [6.45, 7) is 2.09. The van der Waals surface area contributed by atoms with Crippen LogP contribution in [0.5, 0.6) is 0 Å². The maximum absolute atomic E-state index is 12.1. The van der Waals surface area contributed by atoms with Crippen molar-refractivity contribution in [3.63, 3.8) is 0 Å². The van der Waals surface area contributed by atoms with Gasteiger partial charge in [-0.05, 0) is 31.2 Å². The molecule has 0 radical (unpaired) electrons. The van der Waals surface area contributed by atoms with E-state index in [9.17, 15) is 4.79 Å². The number of hydrogen-bond donors (Lipinski definition) is 0. The normalized spacial score (nSPS) is 11.4. The van der Waals surface area contributed by atoms with Crippen LogP contribution in [0.2, 0.25) is 0 Å². The van der Waals surface area contributed by atoms with E-state index in [1.54, 1.807) is 25.1 Å². The van der Waals surface area contributed by atoms with Crippen LogP contribution in [0, 0.1) is 0 Å². The molecule has 0 atom stereocenters. The molecule has 0 aliphatic carbocycles. The Kier molecular flexibility index (Phi) is 4.02. The van der Waals surface area contributed by atoms with E-state index < -0.39 is 5.97 Å². The van der Waals surface area contributed by atoms with Gasteiger partial charge in [0, 0.05) is 11.1 Å². The topological polar surface area (TPSA) is 52.1 Å². The van der Waals surface area contributed by atoms with Gasteiger partial charge in [0.2, 0.25) is 0 Å². The number of carbonyl (C=O) groups is 1. The second-order valence-corrected chi connectivity index (χ2v) is 4.88. The molecule has 0 aliphatic heterocycles. The van der Waals surface area contributed by atoms with E-state index in [1.165, 1.54) is 5.54 Å². The average Bonchev–Trinajstić information content (AvgIpc) is 2.53. The summed E-state index contributed by atoms with van der Waals surface area (Å²) in [5.41, 5.74) is 5.33. The van der Waals surface area contributed by atoms with E-state index in [0.29, 0.717) is 28.7 Å². The van der Waals surface area contributed by atoms with Gasteiger partial charge in [0.1, 0.15) is 5.52 Å². The molecule has 110 valence electrons. The fourth-order valence-electron chi connectivity index (χ4n) is 2.32. The number of hydrogen-bond acceptors (Lipinski definition) is 4. The molecule has 0 saturated carbocycles. The van der Waals surface area contributed by atoms with E-state index in [0.717, 1.165) is 11.1 Å². The van der Waals surface area contributed by atoms with Crippen molar-refractivity contribution in [1.29, 1.82) is 0 Å². The number of nitrogens with zero attached hydrogens (tertiary/aromatic N) is 2. The van der Waals surface area contributed by atoms with Crippen molar-refractivity contribution in [2.45, 2.75) is 6.92 Å². The molecule has 0 spiro atoms. The number of carbonyl (C=O) groups excluding carboxylic acids is 1. The van der Waals surface area contributed by atoms with Crippen LogP contribution in [0.1, 0.15) is 22.8 Å². The third-order valence-electron chi connectivity index (χ3n) is 3.26. The van der Waals surface area contributed by atoms with Gasteiger partial charge in [-0.25, -0.2) is 14.8 Å². The van der Waals surface area contributed by atoms with Crippen LogP contribution in [0.4, 0.5) is 0 Å². The van der Waals surface area contributed by atoms with Gasteiger partial charge in [-0.3, -0.25) is 0 Å². The van der Waals surface area contributed by atoms with Crippen molar-refractivity contribution in [3.8, 4) is 0 Å². The lowest BCUT2D eigenvalue weighted by Gasteiger charge is -2.07. The van der Waals surface area contributed by atoms with Crippen molar-refractivity contribution in [1.82, 2.24) is 9.97 Å². The van der Waals surface area contributed by atoms with Crippen molar-refractivity contribution in [3.05, 3.63) is 53.1 Å². The first-order valence-corrected chi connectivity index (χ1v) is 7.31. The first-order chi connectivity index (χ1) is 10.7. The lowest BCUT2D eigenvalue weighted by atomic mass is 10.1. The number of aromatic nitrogens is 2. The van der Waals surface area contributed by atoms with Crippen LogP contribution in [0.25, 0.3) is 28.1 Å². The van der Waals surface area contributed by atoms with Crippen LogP contribution in [0.15, 0.2) is 41.9 Å². The fourth-order valence-corrected chi connectivity index (χ4v) is 2.45. The molecule has 0 unspecified atom stereocenters. The summed E-state index contributed by atoms with van der Waals surface area (Å²) in [4.78, 5) is 21.3. The van der Waals surface area contributed by atoms with E-state index >= 15 is 0 Å². The second kappa shape index (κ2) is 6.12. The predicted molar refractivity (Wildman–Crippen MR) is 87.9 cm³/mol. The number of para-hydroxylation sites is 2. The highest BCUT2D eigenvalue weighted by atomic mass is 35.5. The highest BCUT2D eigenvalue weighted by molar-refractivity contribution is 6.27. The Balaban J connectivity index is 2.32. The average molecular weight is 313 g/mol. The first-order valence-electron chi connectivity index (χ1n) is 6.88. The number of benzene rings is 2. The Bertz CT molecular complexity index is 890. The molecule has 0 saturated heterocycles. The second-order valence-electron chi connectivity index (χ2n) is 4.63. The van der Waals surface area contributed by atoms with E-state index in [1.807, 2.05) is 24.3 Å². The van der Waals surface area contributed by atoms with Crippen LogP contribution in [-0.4, -0.2) is 22.5 Å². The summed E-state index contributed by atoms with van der Waals surface area (Å²) in [5, 5.41) is 0. The number of halogens is 1. The standard InChI is InChI=1S/C17H13ClN2O2/c1-2-22-17(21)12-6-4-8-14-16(12)20-15-11(9-10-18)5-3-7-13(15)19-14/h3-10H,2H2,1H3. The first kappa shape index (κ1) is 14.5. The minimum Gasteiger partial charge on any atom is -0.462 e. The van der Waals surface area contributed by atoms with Gasteiger partial charge in [-0.1, -0.05) is 29.8 Å². The highest BCUT2D eigenvalue weighted by Crippen LogP contribution is 2.23. The Labute approximate surface area is 132 Å². The summed E-state index contributed by atoms with van der Waals surface area (Å²) in [5.74, 6) is -0.396. The van der Waals surface area contributed by atoms with Gasteiger partial charge in [0.15, 0.2) is 0 Å². The highest BCUT2D eigenvalue weighted by Gasteiger charge is 2.14. The van der Waals surface area contributed by atoms with Gasteiger partial charge in [0.25, 0.3) is 0 Å². The molecular weight excluding hydrogens is 300 g/mol. The number of ether oxygens (including phenoxy) is 1. The summed E-state index contributed by atoms with van der Waals surface area (Å²) in [6.07, 6.45) is 1.75. The molecule has 0 amide bonds. The lowest BCUT2D eigenvalue weighted by molar-refractivity contribution is 0.0528. The molecule has 4 nitrogen and oxygen atoms in total. The molecule has 0 N–H and O–H groups in total. The van der Waals surface area contributed by atoms with Gasteiger partial charge in [-0.15, -0.1) is 0 Å². The third kappa shape index (κ3) is 2.53. The lowest BCUT2D eigenvalue weighted by Crippen LogP contribution is -2.06. The molecule has 0 bridgehead atoms. The van der Waals surface area contributed by atoms with Crippen molar-refractivity contribution in [2.24, 2.45) is 0 Å². The van der Waals surface area contributed by atoms with E-state index in [4.69, 9.17) is 16.3 Å². The molecule has 3 rings (SSSR count). The Morgan fingerprint density at radius 2 is 1.86 bits per heavy atom. The van der Waals surface area contributed by atoms with Crippen molar-refractivity contribution < 1.29 is 9.53 Å². The SMILES string of the molecule is CCOC(=O)c1cccc2nc3cccc(C=CCl)c3nc12. The van der Waals surface area contributed by atoms with Crippen LogP contribution in [-0.2, 0) is 4.74 Å². The fraction of sp³-hybridized carbons (Fsp3) is 0.118. The zero-order valence-corrected chi connectivity index (χ0v) is 12.7. The predicted octanol–water partition coefficient (Wildman–Crippen LogP) is 4.17. The molecule has 2 aromatic carbocycles. The molecule has 3 aromatic rings. The van der Waals surface area contributed by atoms with Crippen LogP contribution < -0.4 is 0 Å². The molecule has 1 heterocycles. The van der Waals surface area contributed by atoms with Crippen LogP contribution in [0.3, 0.4) is 0 Å². The monoisotopic (exact) mass is 312 g/mol. The van der Waals surface area contributed by atoms with Crippen molar-refractivity contribution >= 4 is 45.7 Å². The number of fused-ring (bicyclic) bond motifs is 2. The Morgan fingerprint density at radius 3 is 2.59 bits per heavy atom. The van der Waals surface area contributed by atoms with E-state index in [2.05, 4.69) is 9.97 Å². The smallest absolute Gasteiger partial charge is 0.340 e. The van der Waals surface area contributed by atoms with Crippen molar-refractivity contribution in [2.75, 3.05) is 6.61 Å². The third-order valence-corrected chi connectivity index (χ3v) is 3.39. The van der Waals surface area contributed by atoms with Gasteiger partial charge in [-0.2, -0.15) is 0 Å². The number of rotatable bonds is 3. The Morgan fingerprint density at radius 1 is 1.14 bits per heavy atom. The summed E-state index contributed by atoms with van der Waals surface area (Å²) in [7, 11) is 0. The van der Waals surface area contributed by atoms with Gasteiger partial charge >= 0.3 is 5.97 Å². The summed E-state index contributed by atoms with van der Waals surface area (Å²) >= 11 is 5.67. The molecule has 0 aliphatic rings. The molecule has 22 heavy (non-hydrogen) atoms. The Hall–Kier alpha value is -2.46.